The molecule has 0 unspecified atom stereocenters. The third-order valence-electron chi connectivity index (χ3n) is 3.70. The fraction of sp³-hybridized carbons (Fsp3) is 0.467. The van der Waals surface area contributed by atoms with Gasteiger partial charge in [-0.3, -0.25) is 10.1 Å². The van der Waals surface area contributed by atoms with Gasteiger partial charge in [0.2, 0.25) is 0 Å². The zero-order valence-electron chi connectivity index (χ0n) is 13.0. The summed E-state index contributed by atoms with van der Waals surface area (Å²) in [5, 5.41) is 17.9. The van der Waals surface area contributed by atoms with Gasteiger partial charge >= 0.3 is 0 Å². The highest BCUT2D eigenvalue weighted by Gasteiger charge is 2.14. The molecule has 0 atom stereocenters. The van der Waals surface area contributed by atoms with Gasteiger partial charge in [0, 0.05) is 17.5 Å². The highest BCUT2D eigenvalue weighted by Crippen LogP contribution is 2.23. The van der Waals surface area contributed by atoms with E-state index in [0.717, 1.165) is 24.3 Å². The summed E-state index contributed by atoms with van der Waals surface area (Å²) in [4.78, 5) is 14.4. The van der Waals surface area contributed by atoms with E-state index in [1.54, 1.807) is 13.0 Å². The molecule has 7 heteroatoms. The number of hydrogen-bond acceptors (Lipinski definition) is 6. The molecule has 2 aromatic heterocycles. The molecule has 7 nitrogen and oxygen atoms in total. The third kappa shape index (κ3) is 3.60. The van der Waals surface area contributed by atoms with Crippen molar-refractivity contribution in [1.82, 2.24) is 10.1 Å². The van der Waals surface area contributed by atoms with Crippen LogP contribution in [0.1, 0.15) is 49.6 Å². The van der Waals surface area contributed by atoms with Gasteiger partial charge in [-0.05, 0) is 25.8 Å². The zero-order chi connectivity index (χ0) is 16.1. The van der Waals surface area contributed by atoms with Crippen LogP contribution in [0.15, 0.2) is 22.9 Å². The average Bonchev–Trinajstić information content (AvgIpc) is 2.95. The Balaban J connectivity index is 2.01. The highest BCUT2D eigenvalue weighted by atomic mass is 16.6. The number of aromatic nitrogens is 2. The predicted octanol–water partition coefficient (Wildman–Crippen LogP) is 3.80. The Kier molecular flexibility index (Phi) is 5.08. The molecule has 0 amide bonds. The number of nitro groups is 1. The van der Waals surface area contributed by atoms with Crippen molar-refractivity contribution in [3.05, 3.63) is 45.5 Å². The molecule has 2 rings (SSSR count). The maximum Gasteiger partial charge on any atom is 0.290 e. The second-order valence-electron chi connectivity index (χ2n) is 5.20. The molecule has 0 fully saturated rings. The Morgan fingerprint density at radius 1 is 1.36 bits per heavy atom. The molecule has 0 radical (unpaired) electrons. The Bertz CT molecular complexity index is 650. The molecule has 0 aliphatic heterocycles. The van der Waals surface area contributed by atoms with Crippen LogP contribution in [0.2, 0.25) is 0 Å². The summed E-state index contributed by atoms with van der Waals surface area (Å²) in [6.45, 7) is 6.39. The molecule has 0 bridgehead atoms. The fourth-order valence-corrected chi connectivity index (χ4v) is 2.33. The van der Waals surface area contributed by atoms with Crippen LogP contribution >= 0.6 is 0 Å². The van der Waals surface area contributed by atoms with E-state index in [9.17, 15) is 10.1 Å². The van der Waals surface area contributed by atoms with Crippen LogP contribution in [-0.4, -0.2) is 15.1 Å². The molecule has 118 valence electrons. The first kappa shape index (κ1) is 15.9. The molecule has 0 spiro atoms. The number of nitrogens with one attached hydrogen (secondary N) is 1. The minimum Gasteiger partial charge on any atom is -0.363 e. The monoisotopic (exact) mass is 304 g/mol. The van der Waals surface area contributed by atoms with Gasteiger partial charge in [0.25, 0.3) is 5.69 Å². The summed E-state index contributed by atoms with van der Waals surface area (Å²) >= 11 is 0. The summed E-state index contributed by atoms with van der Waals surface area (Å²) in [7, 11) is 0. The normalized spacial score (nSPS) is 10.9. The number of anilines is 1. The lowest BCUT2D eigenvalue weighted by atomic mass is 9.99. The quantitative estimate of drug-likeness (QED) is 0.617. The van der Waals surface area contributed by atoms with Crippen molar-refractivity contribution in [3.8, 4) is 0 Å². The molecule has 0 aromatic carbocycles. The molecule has 1 N–H and O–H groups in total. The number of pyridine rings is 1. The van der Waals surface area contributed by atoms with Crippen molar-refractivity contribution in [2.75, 3.05) is 5.32 Å². The second-order valence-corrected chi connectivity index (χ2v) is 5.20. The third-order valence-corrected chi connectivity index (χ3v) is 3.70. The summed E-state index contributed by atoms with van der Waals surface area (Å²) in [6.07, 6.45) is 3.31. The van der Waals surface area contributed by atoms with Crippen LogP contribution in [0.25, 0.3) is 0 Å². The molecular weight excluding hydrogens is 284 g/mol. The molecule has 0 aliphatic carbocycles. The summed E-state index contributed by atoms with van der Waals surface area (Å²) in [5.74, 6) is 1.71. The average molecular weight is 304 g/mol. The lowest BCUT2D eigenvalue weighted by Gasteiger charge is -2.06. The summed E-state index contributed by atoms with van der Waals surface area (Å²) < 4.78 is 5.31. The molecule has 0 aliphatic rings. The van der Waals surface area contributed by atoms with Crippen LogP contribution in [0.4, 0.5) is 11.5 Å². The molecule has 22 heavy (non-hydrogen) atoms. The van der Waals surface area contributed by atoms with Crippen LogP contribution in [0.5, 0.6) is 0 Å². The van der Waals surface area contributed by atoms with E-state index in [-0.39, 0.29) is 5.69 Å². The van der Waals surface area contributed by atoms with E-state index < -0.39 is 4.92 Å². The largest absolute Gasteiger partial charge is 0.363 e. The fourth-order valence-electron chi connectivity index (χ4n) is 2.33. The SMILES string of the molecule is CCC(CC)c1cc(CNc2cc(C)c([N+](=O)[O-])cn2)on1. The minimum absolute atomic E-state index is 0.0150. The molecular formula is C15H20N4O3. The van der Waals surface area contributed by atoms with Crippen molar-refractivity contribution >= 4 is 11.5 Å². The van der Waals surface area contributed by atoms with Gasteiger partial charge in [0.1, 0.15) is 12.0 Å². The lowest BCUT2D eigenvalue weighted by molar-refractivity contribution is -0.385. The summed E-state index contributed by atoms with van der Waals surface area (Å²) in [6, 6.07) is 3.60. The van der Waals surface area contributed by atoms with Crippen molar-refractivity contribution in [3.63, 3.8) is 0 Å². The van der Waals surface area contributed by atoms with E-state index in [0.29, 0.717) is 23.8 Å². The van der Waals surface area contributed by atoms with Crippen LogP contribution in [0.3, 0.4) is 0 Å². The van der Waals surface area contributed by atoms with Gasteiger partial charge < -0.3 is 9.84 Å². The maximum absolute atomic E-state index is 10.8. The predicted molar refractivity (Wildman–Crippen MR) is 82.8 cm³/mol. The van der Waals surface area contributed by atoms with Crippen LogP contribution < -0.4 is 5.32 Å². The van der Waals surface area contributed by atoms with E-state index in [2.05, 4.69) is 29.3 Å². The van der Waals surface area contributed by atoms with Gasteiger partial charge in [-0.2, -0.15) is 0 Å². The number of aryl methyl sites for hydroxylation is 1. The van der Waals surface area contributed by atoms with Gasteiger partial charge in [-0.1, -0.05) is 19.0 Å². The smallest absolute Gasteiger partial charge is 0.290 e. The Labute approximate surface area is 128 Å². The Morgan fingerprint density at radius 3 is 2.68 bits per heavy atom. The van der Waals surface area contributed by atoms with Crippen molar-refractivity contribution < 1.29 is 9.45 Å². The Morgan fingerprint density at radius 2 is 2.09 bits per heavy atom. The standard InChI is InChI=1S/C15H20N4O3/c1-4-11(5-2)13-7-12(22-18-13)8-16-15-6-10(3)14(9-17-15)19(20)21/h6-7,9,11H,4-5,8H2,1-3H3,(H,16,17). The van der Waals surface area contributed by atoms with Crippen molar-refractivity contribution in [2.24, 2.45) is 0 Å². The van der Waals surface area contributed by atoms with Crippen molar-refractivity contribution in [2.45, 2.75) is 46.1 Å². The zero-order valence-corrected chi connectivity index (χ0v) is 13.0. The topological polar surface area (TPSA) is 94.1 Å². The van der Waals surface area contributed by atoms with E-state index in [1.807, 2.05) is 6.07 Å². The highest BCUT2D eigenvalue weighted by molar-refractivity contribution is 5.46. The van der Waals surface area contributed by atoms with Gasteiger partial charge in [0.15, 0.2) is 5.76 Å². The maximum atomic E-state index is 10.8. The number of hydrogen-bond donors (Lipinski definition) is 1. The first-order chi connectivity index (χ1) is 10.5. The molecule has 2 heterocycles. The van der Waals surface area contributed by atoms with Gasteiger partial charge in [0.05, 0.1) is 17.2 Å². The first-order valence-corrected chi connectivity index (χ1v) is 7.35. The number of rotatable bonds is 7. The summed E-state index contributed by atoms with van der Waals surface area (Å²) in [5.41, 5.74) is 1.55. The van der Waals surface area contributed by atoms with E-state index in [4.69, 9.17) is 4.52 Å². The molecule has 2 aromatic rings. The molecule has 0 saturated carbocycles. The minimum atomic E-state index is -0.440. The second kappa shape index (κ2) is 7.02. The lowest BCUT2D eigenvalue weighted by Crippen LogP contribution is -2.02. The first-order valence-electron chi connectivity index (χ1n) is 7.35. The van der Waals surface area contributed by atoms with Crippen LogP contribution in [-0.2, 0) is 6.54 Å². The molecule has 0 saturated heterocycles. The van der Waals surface area contributed by atoms with Crippen molar-refractivity contribution in [1.29, 1.82) is 0 Å². The number of nitrogens with zero attached hydrogens (tertiary/aromatic N) is 3. The van der Waals surface area contributed by atoms with Crippen LogP contribution in [0, 0.1) is 17.0 Å². The van der Waals surface area contributed by atoms with Gasteiger partial charge in [-0.25, -0.2) is 4.98 Å². The van der Waals surface area contributed by atoms with E-state index in [1.165, 1.54) is 6.20 Å². The van der Waals surface area contributed by atoms with E-state index >= 15 is 0 Å². The van der Waals surface area contributed by atoms with Gasteiger partial charge in [-0.15, -0.1) is 0 Å². The Hall–Kier alpha value is -2.44.